The Kier molecular flexibility index (Phi) is 3.65. The monoisotopic (exact) mass is 328 g/mol. The molecule has 1 heterocycles. The van der Waals surface area contributed by atoms with Gasteiger partial charge in [0.05, 0.1) is 12.3 Å². The number of carbonyl (C=O) groups excluding carboxylic acids is 1. The summed E-state index contributed by atoms with van der Waals surface area (Å²) in [6, 6.07) is 6.39. The molecule has 0 spiro atoms. The number of hydrogen-bond donors (Lipinski definition) is 2. The number of fused-ring (bicyclic) bond motifs is 3. The van der Waals surface area contributed by atoms with Gasteiger partial charge in [0.15, 0.2) is 0 Å². The highest BCUT2D eigenvalue weighted by molar-refractivity contribution is 5.89. The average Bonchev–Trinajstić information content (AvgIpc) is 3.05. The van der Waals surface area contributed by atoms with Gasteiger partial charge >= 0.3 is 6.03 Å². The first-order chi connectivity index (χ1) is 11.7. The van der Waals surface area contributed by atoms with Gasteiger partial charge in [0.25, 0.3) is 0 Å². The number of nitrogens with one attached hydrogen (secondary N) is 2. The van der Waals surface area contributed by atoms with E-state index < -0.39 is 0 Å². The van der Waals surface area contributed by atoms with E-state index in [4.69, 9.17) is 4.74 Å². The first kappa shape index (κ1) is 15.0. The molecule has 3 unspecified atom stereocenters. The predicted molar refractivity (Wildman–Crippen MR) is 85.0 cm³/mol. The van der Waals surface area contributed by atoms with Gasteiger partial charge in [0.2, 0.25) is 0 Å². The fourth-order valence-electron chi connectivity index (χ4n) is 3.58. The number of urea groups is 1. The fourth-order valence-corrected chi connectivity index (χ4v) is 3.58. The van der Waals surface area contributed by atoms with Crippen molar-refractivity contribution in [3.8, 4) is 0 Å². The van der Waals surface area contributed by atoms with E-state index in [9.17, 15) is 9.18 Å². The van der Waals surface area contributed by atoms with Crippen LogP contribution in [-0.4, -0.2) is 29.2 Å². The summed E-state index contributed by atoms with van der Waals surface area (Å²) in [5.74, 6) is 0.888. The topological polar surface area (TPSA) is 76.1 Å². The molecule has 124 valence electrons. The molecule has 7 heteroatoms. The van der Waals surface area contributed by atoms with Crippen LogP contribution in [0.5, 0.6) is 0 Å². The minimum Gasteiger partial charge on any atom is -0.378 e. The van der Waals surface area contributed by atoms with Gasteiger partial charge in [-0.15, -0.1) is 0 Å². The molecule has 2 amide bonds. The van der Waals surface area contributed by atoms with Crippen molar-refractivity contribution < 1.29 is 13.9 Å². The van der Waals surface area contributed by atoms with Gasteiger partial charge in [-0.1, -0.05) is 6.07 Å². The molecular formula is C17H17FN4O2. The molecule has 2 aliphatic rings. The van der Waals surface area contributed by atoms with Crippen LogP contribution in [0.1, 0.15) is 22.7 Å². The van der Waals surface area contributed by atoms with Crippen molar-refractivity contribution >= 4 is 11.8 Å². The molecule has 6 nitrogen and oxygen atoms in total. The zero-order valence-corrected chi connectivity index (χ0v) is 13.1. The number of benzene rings is 1. The van der Waals surface area contributed by atoms with Crippen LogP contribution in [0, 0.1) is 11.7 Å². The van der Waals surface area contributed by atoms with E-state index in [1.54, 1.807) is 19.2 Å². The molecule has 1 saturated carbocycles. The number of hydrogen-bond acceptors (Lipinski definition) is 4. The van der Waals surface area contributed by atoms with Crippen molar-refractivity contribution in [2.24, 2.45) is 5.92 Å². The lowest BCUT2D eigenvalue weighted by molar-refractivity contribution is 0.181. The lowest BCUT2D eigenvalue weighted by Crippen LogP contribution is -2.33. The molecule has 2 aromatic rings. The SMILES string of the molecule is COCc1cc(NC(=O)NC2C3Cc4cc(F)ccc4C32)ncn1. The van der Waals surface area contributed by atoms with Crippen LogP contribution in [0.3, 0.4) is 0 Å². The Morgan fingerprint density at radius 3 is 3.08 bits per heavy atom. The first-order valence-corrected chi connectivity index (χ1v) is 7.81. The van der Waals surface area contributed by atoms with Crippen LogP contribution >= 0.6 is 0 Å². The third-order valence-electron chi connectivity index (χ3n) is 4.64. The van der Waals surface area contributed by atoms with E-state index in [-0.39, 0.29) is 17.9 Å². The van der Waals surface area contributed by atoms with Gasteiger partial charge in [-0.05, 0) is 35.6 Å². The Hall–Kier alpha value is -2.54. The Labute approximate surface area is 138 Å². The molecule has 0 saturated heterocycles. The van der Waals surface area contributed by atoms with Crippen molar-refractivity contribution in [3.05, 3.63) is 53.2 Å². The molecule has 2 aliphatic carbocycles. The molecular weight excluding hydrogens is 311 g/mol. The van der Waals surface area contributed by atoms with Crippen LogP contribution in [0.4, 0.5) is 15.0 Å². The first-order valence-electron chi connectivity index (χ1n) is 7.81. The summed E-state index contributed by atoms with van der Waals surface area (Å²) in [5.41, 5.74) is 2.90. The Morgan fingerprint density at radius 2 is 2.25 bits per heavy atom. The maximum atomic E-state index is 13.2. The average molecular weight is 328 g/mol. The van der Waals surface area contributed by atoms with Crippen LogP contribution in [0.25, 0.3) is 0 Å². The second kappa shape index (κ2) is 5.83. The van der Waals surface area contributed by atoms with Crippen molar-refractivity contribution in [2.45, 2.75) is 25.0 Å². The third kappa shape index (κ3) is 2.71. The molecule has 0 radical (unpaired) electrons. The van der Waals surface area contributed by atoms with Gasteiger partial charge in [0.1, 0.15) is 18.0 Å². The van der Waals surface area contributed by atoms with Gasteiger partial charge in [-0.2, -0.15) is 0 Å². The number of amides is 2. The molecule has 0 aliphatic heterocycles. The van der Waals surface area contributed by atoms with E-state index in [1.165, 1.54) is 12.4 Å². The van der Waals surface area contributed by atoms with Crippen LogP contribution in [0.2, 0.25) is 0 Å². The number of anilines is 1. The summed E-state index contributed by atoms with van der Waals surface area (Å²) in [6.45, 7) is 0.360. The maximum absolute atomic E-state index is 13.2. The quantitative estimate of drug-likeness (QED) is 0.902. The number of nitrogens with zero attached hydrogens (tertiary/aromatic N) is 2. The summed E-state index contributed by atoms with van der Waals surface area (Å²) < 4.78 is 18.2. The minimum atomic E-state index is -0.292. The van der Waals surface area contributed by atoms with Crippen LogP contribution in [0.15, 0.2) is 30.6 Å². The fraction of sp³-hybridized carbons (Fsp3) is 0.353. The van der Waals surface area contributed by atoms with E-state index >= 15 is 0 Å². The zero-order chi connectivity index (χ0) is 16.7. The van der Waals surface area contributed by atoms with Gasteiger partial charge in [0, 0.05) is 25.1 Å². The number of rotatable bonds is 4. The maximum Gasteiger partial charge on any atom is 0.320 e. The highest BCUT2D eigenvalue weighted by Gasteiger charge is 2.56. The summed E-state index contributed by atoms with van der Waals surface area (Å²) in [4.78, 5) is 20.2. The van der Waals surface area contributed by atoms with E-state index in [0.717, 1.165) is 17.5 Å². The summed E-state index contributed by atoms with van der Waals surface area (Å²) >= 11 is 0. The highest BCUT2D eigenvalue weighted by atomic mass is 19.1. The predicted octanol–water partition coefficient (Wildman–Crippen LogP) is 2.22. The molecule has 1 aromatic carbocycles. The van der Waals surface area contributed by atoms with Crippen LogP contribution < -0.4 is 10.6 Å². The molecule has 1 fully saturated rings. The lowest BCUT2D eigenvalue weighted by Gasteiger charge is -2.11. The second-order valence-corrected chi connectivity index (χ2v) is 6.19. The van der Waals surface area contributed by atoms with Crippen molar-refractivity contribution in [1.29, 1.82) is 0 Å². The van der Waals surface area contributed by atoms with E-state index in [1.807, 2.05) is 6.07 Å². The highest BCUT2D eigenvalue weighted by Crippen LogP contribution is 2.56. The third-order valence-corrected chi connectivity index (χ3v) is 4.64. The van der Waals surface area contributed by atoms with Crippen molar-refractivity contribution in [2.75, 3.05) is 12.4 Å². The summed E-state index contributed by atoms with van der Waals surface area (Å²) in [5, 5.41) is 5.69. The zero-order valence-electron chi connectivity index (χ0n) is 13.1. The second-order valence-electron chi connectivity index (χ2n) is 6.19. The van der Waals surface area contributed by atoms with E-state index in [2.05, 4.69) is 20.6 Å². The van der Waals surface area contributed by atoms with Gasteiger partial charge < -0.3 is 10.1 Å². The number of carbonyl (C=O) groups is 1. The number of aromatic nitrogens is 2. The number of methoxy groups -OCH3 is 1. The lowest BCUT2D eigenvalue weighted by atomic mass is 10.0. The van der Waals surface area contributed by atoms with Gasteiger partial charge in [-0.3, -0.25) is 5.32 Å². The number of ether oxygens (including phenoxy) is 1. The molecule has 3 atom stereocenters. The van der Waals surface area contributed by atoms with Crippen molar-refractivity contribution in [1.82, 2.24) is 15.3 Å². The Bertz CT molecular complexity index is 798. The molecule has 4 rings (SSSR count). The largest absolute Gasteiger partial charge is 0.378 e. The summed E-state index contributed by atoms with van der Waals surface area (Å²) in [7, 11) is 1.58. The molecule has 2 N–H and O–H groups in total. The Balaban J connectivity index is 1.37. The van der Waals surface area contributed by atoms with Crippen LogP contribution in [-0.2, 0) is 17.8 Å². The smallest absolute Gasteiger partial charge is 0.320 e. The normalized spacial score (nSPS) is 23.3. The minimum absolute atomic E-state index is 0.100. The summed E-state index contributed by atoms with van der Waals surface area (Å²) in [6.07, 6.45) is 2.20. The van der Waals surface area contributed by atoms with Gasteiger partial charge in [-0.25, -0.2) is 19.2 Å². The van der Waals surface area contributed by atoms with E-state index in [0.29, 0.717) is 30.0 Å². The molecule has 1 aromatic heterocycles. The Morgan fingerprint density at radius 1 is 1.38 bits per heavy atom. The molecule has 24 heavy (non-hydrogen) atoms. The molecule has 0 bridgehead atoms. The standard InChI is InChI=1S/C17H17FN4O2/c1-24-7-11-6-14(20-8-19-11)21-17(23)22-16-13-5-9-4-10(18)2-3-12(9)15(13)16/h2-4,6,8,13,15-16H,5,7H2,1H3,(H2,19,20,21,22,23). The van der Waals surface area contributed by atoms with Crippen molar-refractivity contribution in [3.63, 3.8) is 0 Å². The number of halogens is 1.